The molecule has 0 radical (unpaired) electrons. The van der Waals surface area contributed by atoms with Crippen molar-refractivity contribution >= 4 is 0 Å². The molecule has 0 unspecified atom stereocenters. The molecule has 3 heteroatoms. The fourth-order valence-corrected chi connectivity index (χ4v) is 1.22. The predicted molar refractivity (Wildman–Crippen MR) is 58.2 cm³/mol. The highest BCUT2D eigenvalue weighted by molar-refractivity contribution is 5.22. The molecule has 0 aliphatic rings. The van der Waals surface area contributed by atoms with Gasteiger partial charge in [0.15, 0.2) is 0 Å². The van der Waals surface area contributed by atoms with Crippen molar-refractivity contribution in [2.24, 2.45) is 0 Å². The van der Waals surface area contributed by atoms with Crippen LogP contribution in [0, 0.1) is 20.8 Å². The summed E-state index contributed by atoms with van der Waals surface area (Å²) in [7, 11) is 0. The zero-order valence-corrected chi connectivity index (χ0v) is 9.68. The van der Waals surface area contributed by atoms with Gasteiger partial charge in [-0.3, -0.25) is 0 Å². The first-order valence-corrected chi connectivity index (χ1v) is 5.04. The minimum Gasteiger partial charge on any atom is -0.308 e. The van der Waals surface area contributed by atoms with E-state index in [-0.39, 0.29) is 0 Å². The lowest BCUT2D eigenvalue weighted by Crippen LogP contribution is -2.23. The van der Waals surface area contributed by atoms with Gasteiger partial charge in [0.2, 0.25) is 0 Å². The van der Waals surface area contributed by atoms with E-state index in [0.29, 0.717) is 6.04 Å². The molecule has 0 saturated carbocycles. The molecule has 0 fully saturated rings. The highest BCUT2D eigenvalue weighted by Gasteiger charge is 2.04. The van der Waals surface area contributed by atoms with E-state index in [1.165, 1.54) is 5.56 Å². The smallest absolute Gasteiger partial charge is 0.142 e. The van der Waals surface area contributed by atoms with E-state index in [0.717, 1.165) is 23.8 Å². The lowest BCUT2D eigenvalue weighted by Gasteiger charge is -2.09. The third kappa shape index (κ3) is 2.77. The van der Waals surface area contributed by atoms with Gasteiger partial charge in [-0.25, -0.2) is 9.97 Å². The summed E-state index contributed by atoms with van der Waals surface area (Å²) in [5.41, 5.74) is 3.36. The average Bonchev–Trinajstić information content (AvgIpc) is 2.10. The van der Waals surface area contributed by atoms with E-state index in [4.69, 9.17) is 0 Å². The van der Waals surface area contributed by atoms with Crippen molar-refractivity contribution in [3.63, 3.8) is 0 Å². The summed E-state index contributed by atoms with van der Waals surface area (Å²) in [6.07, 6.45) is 0. The molecule has 1 heterocycles. The predicted octanol–water partition coefficient (Wildman–Crippen LogP) is 1.90. The Morgan fingerprint density at radius 1 is 1.07 bits per heavy atom. The standard InChI is InChI=1S/C11H19N3/c1-7(2)12-6-11-13-9(4)8(3)10(5)14-11/h7,12H,6H2,1-5H3. The third-order valence-electron chi connectivity index (χ3n) is 2.35. The van der Waals surface area contributed by atoms with Crippen LogP contribution in [-0.2, 0) is 6.54 Å². The molecule has 0 spiro atoms. The Morgan fingerprint density at radius 2 is 1.57 bits per heavy atom. The highest BCUT2D eigenvalue weighted by Crippen LogP contribution is 2.07. The molecule has 1 aromatic rings. The zero-order valence-electron chi connectivity index (χ0n) is 9.68. The monoisotopic (exact) mass is 193 g/mol. The van der Waals surface area contributed by atoms with Crippen molar-refractivity contribution in [3.05, 3.63) is 22.8 Å². The van der Waals surface area contributed by atoms with Crippen LogP contribution in [0.2, 0.25) is 0 Å². The van der Waals surface area contributed by atoms with Gasteiger partial charge in [-0.15, -0.1) is 0 Å². The van der Waals surface area contributed by atoms with Gasteiger partial charge in [-0.05, 0) is 26.3 Å². The fraction of sp³-hybridized carbons (Fsp3) is 0.636. The quantitative estimate of drug-likeness (QED) is 0.796. The molecule has 1 rings (SSSR count). The second-order valence-electron chi connectivity index (χ2n) is 3.97. The molecule has 3 nitrogen and oxygen atoms in total. The summed E-state index contributed by atoms with van der Waals surface area (Å²) in [6, 6.07) is 0.473. The number of rotatable bonds is 3. The van der Waals surface area contributed by atoms with Crippen LogP contribution in [-0.4, -0.2) is 16.0 Å². The molecule has 0 aliphatic carbocycles. The van der Waals surface area contributed by atoms with Crippen LogP contribution in [0.1, 0.15) is 36.6 Å². The zero-order chi connectivity index (χ0) is 10.7. The molecule has 0 aliphatic heterocycles. The second-order valence-corrected chi connectivity index (χ2v) is 3.97. The maximum Gasteiger partial charge on any atom is 0.142 e. The van der Waals surface area contributed by atoms with Gasteiger partial charge in [0, 0.05) is 17.4 Å². The van der Waals surface area contributed by atoms with E-state index in [1.54, 1.807) is 0 Å². The van der Waals surface area contributed by atoms with Crippen LogP contribution in [0.15, 0.2) is 0 Å². The van der Waals surface area contributed by atoms with Gasteiger partial charge in [0.25, 0.3) is 0 Å². The molecule has 0 bridgehead atoms. The highest BCUT2D eigenvalue weighted by atomic mass is 15.0. The van der Waals surface area contributed by atoms with Gasteiger partial charge >= 0.3 is 0 Å². The summed E-state index contributed by atoms with van der Waals surface area (Å²) < 4.78 is 0. The summed E-state index contributed by atoms with van der Waals surface area (Å²) >= 11 is 0. The van der Waals surface area contributed by atoms with Crippen molar-refractivity contribution in [3.8, 4) is 0 Å². The number of nitrogens with one attached hydrogen (secondary N) is 1. The van der Waals surface area contributed by atoms with Crippen molar-refractivity contribution < 1.29 is 0 Å². The van der Waals surface area contributed by atoms with Crippen LogP contribution in [0.4, 0.5) is 0 Å². The first kappa shape index (κ1) is 11.1. The molecular weight excluding hydrogens is 174 g/mol. The largest absolute Gasteiger partial charge is 0.308 e. The topological polar surface area (TPSA) is 37.8 Å². The summed E-state index contributed by atoms with van der Waals surface area (Å²) in [6.45, 7) is 11.1. The summed E-state index contributed by atoms with van der Waals surface area (Å²) in [5, 5.41) is 3.31. The van der Waals surface area contributed by atoms with Crippen LogP contribution in [0.3, 0.4) is 0 Å². The maximum absolute atomic E-state index is 4.43. The molecule has 0 atom stereocenters. The minimum absolute atomic E-state index is 0.473. The lowest BCUT2D eigenvalue weighted by molar-refractivity contribution is 0.569. The van der Waals surface area contributed by atoms with Gasteiger partial charge < -0.3 is 5.32 Å². The van der Waals surface area contributed by atoms with E-state index in [1.807, 2.05) is 13.8 Å². The Hall–Kier alpha value is -0.960. The Bertz CT molecular complexity index is 295. The maximum atomic E-state index is 4.43. The molecule has 78 valence electrons. The number of aryl methyl sites for hydroxylation is 2. The van der Waals surface area contributed by atoms with Gasteiger partial charge in [-0.1, -0.05) is 13.8 Å². The number of aromatic nitrogens is 2. The number of nitrogens with zero attached hydrogens (tertiary/aromatic N) is 2. The van der Waals surface area contributed by atoms with Gasteiger partial charge in [0.1, 0.15) is 5.82 Å². The van der Waals surface area contributed by atoms with Gasteiger partial charge in [0.05, 0.1) is 6.54 Å². The minimum atomic E-state index is 0.473. The van der Waals surface area contributed by atoms with Gasteiger partial charge in [-0.2, -0.15) is 0 Å². The Balaban J connectivity index is 2.79. The molecule has 0 aromatic carbocycles. The van der Waals surface area contributed by atoms with Crippen LogP contribution in [0.25, 0.3) is 0 Å². The molecule has 14 heavy (non-hydrogen) atoms. The Morgan fingerprint density at radius 3 is 2.00 bits per heavy atom. The van der Waals surface area contributed by atoms with E-state index in [2.05, 4.69) is 36.1 Å². The molecule has 0 amide bonds. The van der Waals surface area contributed by atoms with Crippen molar-refractivity contribution in [2.75, 3.05) is 0 Å². The third-order valence-corrected chi connectivity index (χ3v) is 2.35. The molecule has 1 aromatic heterocycles. The number of hydrogen-bond acceptors (Lipinski definition) is 3. The van der Waals surface area contributed by atoms with Crippen molar-refractivity contribution in [1.29, 1.82) is 0 Å². The Kier molecular flexibility index (Phi) is 3.58. The average molecular weight is 193 g/mol. The fourth-order valence-electron chi connectivity index (χ4n) is 1.22. The molecule has 1 N–H and O–H groups in total. The summed E-state index contributed by atoms with van der Waals surface area (Å²) in [5.74, 6) is 0.888. The normalized spacial score (nSPS) is 11.0. The van der Waals surface area contributed by atoms with Crippen LogP contribution < -0.4 is 5.32 Å². The van der Waals surface area contributed by atoms with Crippen molar-refractivity contribution in [1.82, 2.24) is 15.3 Å². The van der Waals surface area contributed by atoms with E-state index >= 15 is 0 Å². The van der Waals surface area contributed by atoms with Crippen molar-refractivity contribution in [2.45, 2.75) is 47.2 Å². The first-order chi connectivity index (χ1) is 6.50. The van der Waals surface area contributed by atoms with Crippen LogP contribution in [0.5, 0.6) is 0 Å². The van der Waals surface area contributed by atoms with E-state index < -0.39 is 0 Å². The summed E-state index contributed by atoms with van der Waals surface area (Å²) in [4.78, 5) is 8.86. The number of hydrogen-bond donors (Lipinski definition) is 1. The first-order valence-electron chi connectivity index (χ1n) is 5.04. The lowest BCUT2D eigenvalue weighted by atomic mass is 10.2. The van der Waals surface area contributed by atoms with E-state index in [9.17, 15) is 0 Å². The van der Waals surface area contributed by atoms with Crippen LogP contribution >= 0.6 is 0 Å². The molecule has 0 saturated heterocycles. The Labute approximate surface area is 86.0 Å². The second kappa shape index (κ2) is 4.51. The SMILES string of the molecule is Cc1nc(CNC(C)C)nc(C)c1C. The molecular formula is C11H19N3.